The maximum Gasteiger partial charge on any atom is 0.252 e. The fraction of sp³-hybridized carbons (Fsp3) is 0.200. The number of H-pyrrole nitrogens is 1. The quantitative estimate of drug-likeness (QED) is 0.646. The number of tetrazole rings is 1. The lowest BCUT2D eigenvalue weighted by Crippen LogP contribution is -2.24. The van der Waals surface area contributed by atoms with E-state index in [0.717, 1.165) is 5.56 Å². The molecule has 17 heavy (non-hydrogen) atoms. The summed E-state index contributed by atoms with van der Waals surface area (Å²) in [6.45, 7) is 2.08. The Morgan fingerprint density at radius 1 is 1.53 bits per heavy atom. The summed E-state index contributed by atoms with van der Waals surface area (Å²) in [5.41, 5.74) is 7.61. The monoisotopic (exact) mass is 232 g/mol. The minimum Gasteiger partial charge on any atom is -0.399 e. The number of hydrogen-bond acceptors (Lipinski definition) is 5. The maximum atomic E-state index is 11.9. The minimum atomic E-state index is -0.209. The number of anilines is 1. The SMILES string of the molecule is Cc1ccc(N)cc1C(=O)NCc1nn[nH]n1. The van der Waals surface area contributed by atoms with Gasteiger partial charge in [-0.15, -0.1) is 10.2 Å². The van der Waals surface area contributed by atoms with E-state index in [1.165, 1.54) is 0 Å². The summed E-state index contributed by atoms with van der Waals surface area (Å²) in [4.78, 5) is 11.9. The van der Waals surface area contributed by atoms with Gasteiger partial charge in [0.15, 0.2) is 5.82 Å². The van der Waals surface area contributed by atoms with Crippen molar-refractivity contribution in [3.63, 3.8) is 0 Å². The minimum absolute atomic E-state index is 0.209. The molecule has 88 valence electrons. The van der Waals surface area contributed by atoms with Crippen LogP contribution in [0.4, 0.5) is 5.69 Å². The predicted molar refractivity (Wildman–Crippen MR) is 60.9 cm³/mol. The number of rotatable bonds is 3. The van der Waals surface area contributed by atoms with Crippen molar-refractivity contribution < 1.29 is 4.79 Å². The van der Waals surface area contributed by atoms with E-state index in [-0.39, 0.29) is 12.5 Å². The zero-order valence-electron chi connectivity index (χ0n) is 9.27. The average molecular weight is 232 g/mol. The first-order valence-corrected chi connectivity index (χ1v) is 5.03. The largest absolute Gasteiger partial charge is 0.399 e. The Labute approximate surface area is 97.4 Å². The second kappa shape index (κ2) is 4.60. The number of nitrogen functional groups attached to an aromatic ring is 1. The van der Waals surface area contributed by atoms with E-state index in [1.807, 2.05) is 6.92 Å². The van der Waals surface area contributed by atoms with Gasteiger partial charge in [-0.25, -0.2) is 0 Å². The molecule has 0 aliphatic rings. The Bertz CT molecular complexity index is 522. The maximum absolute atomic E-state index is 11.9. The first-order chi connectivity index (χ1) is 8.16. The summed E-state index contributed by atoms with van der Waals surface area (Å²) >= 11 is 0. The van der Waals surface area contributed by atoms with E-state index in [9.17, 15) is 4.79 Å². The number of nitrogens with zero attached hydrogens (tertiary/aromatic N) is 3. The van der Waals surface area contributed by atoms with E-state index in [0.29, 0.717) is 17.1 Å². The van der Waals surface area contributed by atoms with Crippen LogP contribution in [-0.4, -0.2) is 26.5 Å². The number of aromatic amines is 1. The number of aryl methyl sites for hydroxylation is 1. The van der Waals surface area contributed by atoms with Crippen LogP contribution in [0.15, 0.2) is 18.2 Å². The van der Waals surface area contributed by atoms with E-state index in [1.54, 1.807) is 18.2 Å². The van der Waals surface area contributed by atoms with E-state index in [4.69, 9.17) is 5.73 Å². The third kappa shape index (κ3) is 2.57. The Morgan fingerprint density at radius 2 is 2.35 bits per heavy atom. The number of nitrogens with two attached hydrogens (primary N) is 1. The summed E-state index contributed by atoms with van der Waals surface area (Å²) in [6.07, 6.45) is 0. The van der Waals surface area contributed by atoms with Crippen molar-refractivity contribution in [1.82, 2.24) is 25.9 Å². The van der Waals surface area contributed by atoms with Crippen molar-refractivity contribution >= 4 is 11.6 Å². The molecule has 0 radical (unpaired) electrons. The second-order valence-corrected chi connectivity index (χ2v) is 3.59. The van der Waals surface area contributed by atoms with Crippen LogP contribution >= 0.6 is 0 Å². The summed E-state index contributed by atoms with van der Waals surface area (Å²) in [6, 6.07) is 5.20. The van der Waals surface area contributed by atoms with Crippen LogP contribution in [-0.2, 0) is 6.54 Å². The molecular weight excluding hydrogens is 220 g/mol. The summed E-state index contributed by atoms with van der Waals surface area (Å²) in [7, 11) is 0. The zero-order valence-corrected chi connectivity index (χ0v) is 9.27. The Kier molecular flexibility index (Phi) is 2.99. The summed E-state index contributed by atoms with van der Waals surface area (Å²) in [5.74, 6) is 0.222. The molecule has 1 aromatic carbocycles. The summed E-state index contributed by atoms with van der Waals surface area (Å²) < 4.78 is 0. The van der Waals surface area contributed by atoms with Crippen molar-refractivity contribution in [1.29, 1.82) is 0 Å². The van der Waals surface area contributed by atoms with Gasteiger partial charge in [-0.3, -0.25) is 4.79 Å². The highest BCUT2D eigenvalue weighted by Gasteiger charge is 2.09. The number of carbonyl (C=O) groups excluding carboxylic acids is 1. The number of aromatic nitrogens is 4. The third-order valence-electron chi connectivity index (χ3n) is 2.30. The molecule has 7 nitrogen and oxygen atoms in total. The van der Waals surface area contributed by atoms with Crippen LogP contribution in [0.25, 0.3) is 0 Å². The van der Waals surface area contributed by atoms with E-state index >= 15 is 0 Å². The Balaban J connectivity index is 2.07. The van der Waals surface area contributed by atoms with Gasteiger partial charge in [-0.05, 0) is 24.6 Å². The number of hydrogen-bond donors (Lipinski definition) is 3. The fourth-order valence-corrected chi connectivity index (χ4v) is 1.40. The predicted octanol–water partition coefficient (Wildman–Crippen LogP) is 0.0203. The molecule has 0 spiro atoms. The number of benzene rings is 1. The highest BCUT2D eigenvalue weighted by Crippen LogP contribution is 2.12. The fourth-order valence-electron chi connectivity index (χ4n) is 1.40. The van der Waals surface area contributed by atoms with Gasteiger partial charge < -0.3 is 11.1 Å². The van der Waals surface area contributed by atoms with Crippen LogP contribution in [0.3, 0.4) is 0 Å². The Morgan fingerprint density at radius 3 is 3.06 bits per heavy atom. The molecule has 0 saturated carbocycles. The van der Waals surface area contributed by atoms with Crippen LogP contribution in [0, 0.1) is 6.92 Å². The van der Waals surface area contributed by atoms with Crippen LogP contribution in [0.5, 0.6) is 0 Å². The molecule has 0 bridgehead atoms. The molecule has 4 N–H and O–H groups in total. The third-order valence-corrected chi connectivity index (χ3v) is 2.30. The van der Waals surface area contributed by atoms with Gasteiger partial charge in [0.05, 0.1) is 6.54 Å². The molecule has 2 aromatic rings. The summed E-state index contributed by atoms with van der Waals surface area (Å²) in [5, 5.41) is 15.9. The smallest absolute Gasteiger partial charge is 0.252 e. The molecule has 1 amide bonds. The first-order valence-electron chi connectivity index (χ1n) is 5.03. The number of carbonyl (C=O) groups is 1. The van der Waals surface area contributed by atoms with Gasteiger partial charge in [-0.2, -0.15) is 5.21 Å². The van der Waals surface area contributed by atoms with Crippen molar-refractivity contribution in [2.45, 2.75) is 13.5 Å². The van der Waals surface area contributed by atoms with Crippen LogP contribution < -0.4 is 11.1 Å². The second-order valence-electron chi connectivity index (χ2n) is 3.59. The highest BCUT2D eigenvalue weighted by molar-refractivity contribution is 5.96. The van der Waals surface area contributed by atoms with Gasteiger partial charge >= 0.3 is 0 Å². The standard InChI is InChI=1S/C10H12N6O/c1-6-2-3-7(11)4-8(6)10(17)12-5-9-13-15-16-14-9/h2-4H,5,11H2,1H3,(H,12,17)(H,13,14,15,16). The average Bonchev–Trinajstić information content (AvgIpc) is 2.82. The van der Waals surface area contributed by atoms with Gasteiger partial charge in [0, 0.05) is 11.3 Å². The molecule has 0 aliphatic heterocycles. The molecule has 1 heterocycles. The molecular formula is C10H12N6O. The molecule has 0 atom stereocenters. The van der Waals surface area contributed by atoms with Gasteiger partial charge in [0.25, 0.3) is 5.91 Å². The van der Waals surface area contributed by atoms with Gasteiger partial charge in [-0.1, -0.05) is 11.3 Å². The van der Waals surface area contributed by atoms with E-state index < -0.39 is 0 Å². The molecule has 0 saturated heterocycles. The lowest BCUT2D eigenvalue weighted by Gasteiger charge is -2.06. The highest BCUT2D eigenvalue weighted by atomic mass is 16.1. The first kappa shape index (κ1) is 11.1. The van der Waals surface area contributed by atoms with Gasteiger partial charge in [0.2, 0.25) is 0 Å². The topological polar surface area (TPSA) is 110 Å². The van der Waals surface area contributed by atoms with Crippen molar-refractivity contribution in [2.75, 3.05) is 5.73 Å². The normalized spacial score (nSPS) is 10.2. The lowest BCUT2D eigenvalue weighted by molar-refractivity contribution is 0.0949. The van der Waals surface area contributed by atoms with Crippen LogP contribution in [0.2, 0.25) is 0 Å². The van der Waals surface area contributed by atoms with Crippen LogP contribution in [0.1, 0.15) is 21.7 Å². The van der Waals surface area contributed by atoms with Crippen molar-refractivity contribution in [3.05, 3.63) is 35.2 Å². The number of amides is 1. The van der Waals surface area contributed by atoms with E-state index in [2.05, 4.69) is 25.9 Å². The molecule has 0 aliphatic carbocycles. The van der Waals surface area contributed by atoms with Crippen molar-refractivity contribution in [3.8, 4) is 0 Å². The molecule has 0 fully saturated rings. The van der Waals surface area contributed by atoms with Crippen molar-refractivity contribution in [2.24, 2.45) is 0 Å². The molecule has 7 heteroatoms. The van der Waals surface area contributed by atoms with Gasteiger partial charge in [0.1, 0.15) is 0 Å². The zero-order chi connectivity index (χ0) is 12.3. The Hall–Kier alpha value is -2.44. The molecule has 0 unspecified atom stereocenters. The number of nitrogens with one attached hydrogen (secondary N) is 2. The molecule has 2 rings (SSSR count). The lowest BCUT2D eigenvalue weighted by atomic mass is 10.1. The molecule has 1 aromatic heterocycles.